The maximum Gasteiger partial charge on any atom is 0.255 e. The number of aliphatic hydroxyl groups is 1. The van der Waals surface area contributed by atoms with Crippen LogP contribution in [0.4, 0.5) is 5.82 Å². The Morgan fingerprint density at radius 1 is 1.11 bits per heavy atom. The Labute approximate surface area is 209 Å². The lowest BCUT2D eigenvalue weighted by atomic mass is 10.0. The van der Waals surface area contributed by atoms with E-state index in [1.165, 1.54) is 6.33 Å². The number of rotatable bonds is 5. The third-order valence-corrected chi connectivity index (χ3v) is 6.24. The molecule has 1 aromatic carbocycles. The van der Waals surface area contributed by atoms with Crippen LogP contribution in [0.15, 0.2) is 42.9 Å². The summed E-state index contributed by atoms with van der Waals surface area (Å²) in [5, 5.41) is 9.48. The van der Waals surface area contributed by atoms with Gasteiger partial charge in [0.1, 0.15) is 12.1 Å². The highest BCUT2D eigenvalue weighted by Gasteiger charge is 2.24. The Morgan fingerprint density at radius 2 is 1.91 bits per heavy atom. The molecule has 35 heavy (non-hydrogen) atoms. The van der Waals surface area contributed by atoms with E-state index in [1.54, 1.807) is 29.3 Å². The molecular weight excluding hydrogens is 464 g/mol. The maximum absolute atomic E-state index is 13.1. The molecule has 0 spiro atoms. The highest BCUT2D eigenvalue weighted by molar-refractivity contribution is 6.34. The molecule has 0 radical (unpaired) electrons. The monoisotopic (exact) mass is 490 g/mol. The van der Waals surface area contributed by atoms with Gasteiger partial charge in [0.15, 0.2) is 0 Å². The second kappa shape index (κ2) is 11.3. The van der Waals surface area contributed by atoms with Gasteiger partial charge in [0.05, 0.1) is 34.1 Å². The van der Waals surface area contributed by atoms with Crippen molar-refractivity contribution in [1.82, 2.24) is 24.8 Å². The van der Waals surface area contributed by atoms with Crippen LogP contribution in [-0.2, 0) is 6.42 Å². The first-order valence-corrected chi connectivity index (χ1v) is 11.9. The molecule has 1 aliphatic heterocycles. The van der Waals surface area contributed by atoms with Crippen molar-refractivity contribution in [3.8, 4) is 23.1 Å². The van der Waals surface area contributed by atoms with Crippen LogP contribution in [0.1, 0.15) is 34.1 Å². The summed E-state index contributed by atoms with van der Waals surface area (Å²) in [6, 6.07) is 8.86. The molecule has 1 aliphatic rings. The average Bonchev–Trinajstić information content (AvgIpc) is 2.88. The predicted octanol–water partition coefficient (Wildman–Crippen LogP) is 2.49. The van der Waals surface area contributed by atoms with E-state index in [9.17, 15) is 4.79 Å². The number of β-amino-alcohol motifs (C(OH)–C–C–N with tert-alkyl or cyclic N) is 1. The van der Waals surface area contributed by atoms with E-state index in [4.69, 9.17) is 22.4 Å². The number of halogens is 1. The first-order chi connectivity index (χ1) is 17.0. The molecule has 0 aliphatic carbocycles. The first kappa shape index (κ1) is 24.6. The van der Waals surface area contributed by atoms with Crippen molar-refractivity contribution < 1.29 is 9.90 Å². The van der Waals surface area contributed by atoms with Crippen LogP contribution in [-0.4, -0.2) is 75.1 Å². The normalized spacial score (nSPS) is 13.9. The zero-order valence-corrected chi connectivity index (χ0v) is 20.3. The number of nitrogens with zero attached hydrogens (tertiary/aromatic N) is 5. The molecule has 0 atom stereocenters. The van der Waals surface area contributed by atoms with E-state index >= 15 is 0 Å². The molecular formula is C26H27ClN6O2. The second-order valence-corrected chi connectivity index (χ2v) is 8.58. The van der Waals surface area contributed by atoms with Crippen molar-refractivity contribution in [1.29, 1.82) is 0 Å². The molecule has 1 saturated heterocycles. The summed E-state index contributed by atoms with van der Waals surface area (Å²) in [7, 11) is 0. The molecule has 0 saturated carbocycles. The number of nitrogen functional groups attached to an aromatic ring is 1. The van der Waals surface area contributed by atoms with Gasteiger partial charge in [0.2, 0.25) is 0 Å². The van der Waals surface area contributed by atoms with Gasteiger partial charge >= 0.3 is 0 Å². The summed E-state index contributed by atoms with van der Waals surface area (Å²) in [6.45, 7) is 5.41. The largest absolute Gasteiger partial charge is 0.395 e. The van der Waals surface area contributed by atoms with Gasteiger partial charge in [-0.25, -0.2) is 15.0 Å². The number of carbonyl (C=O) groups is 1. The van der Waals surface area contributed by atoms with Gasteiger partial charge in [-0.05, 0) is 30.7 Å². The predicted molar refractivity (Wildman–Crippen MR) is 136 cm³/mol. The van der Waals surface area contributed by atoms with Crippen LogP contribution >= 0.6 is 11.6 Å². The van der Waals surface area contributed by atoms with E-state index in [0.717, 1.165) is 29.9 Å². The quantitative estimate of drug-likeness (QED) is 0.529. The zero-order chi connectivity index (χ0) is 24.8. The minimum absolute atomic E-state index is 0.0991. The zero-order valence-electron chi connectivity index (χ0n) is 19.5. The lowest BCUT2D eigenvalue weighted by Crippen LogP contribution is -2.49. The highest BCUT2D eigenvalue weighted by Crippen LogP contribution is 2.28. The lowest BCUT2D eigenvalue weighted by molar-refractivity contribution is 0.0615. The molecule has 0 unspecified atom stereocenters. The Morgan fingerprint density at radius 3 is 2.57 bits per heavy atom. The summed E-state index contributed by atoms with van der Waals surface area (Å²) >= 11 is 6.60. The third kappa shape index (κ3) is 5.77. The van der Waals surface area contributed by atoms with E-state index in [1.807, 2.05) is 19.1 Å². The lowest BCUT2D eigenvalue weighted by Gasteiger charge is -2.34. The molecule has 9 heteroatoms. The number of aliphatic hydroxyl groups excluding tert-OH is 1. The van der Waals surface area contributed by atoms with E-state index < -0.39 is 0 Å². The second-order valence-electron chi connectivity index (χ2n) is 8.17. The molecule has 180 valence electrons. The molecule has 3 heterocycles. The molecule has 3 aromatic rings. The fourth-order valence-corrected chi connectivity index (χ4v) is 4.24. The Hall–Kier alpha value is -3.51. The van der Waals surface area contributed by atoms with Gasteiger partial charge in [-0.3, -0.25) is 9.69 Å². The number of nitrogens with two attached hydrogens (primary N) is 1. The molecule has 8 nitrogen and oxygen atoms in total. The smallest absolute Gasteiger partial charge is 0.255 e. The van der Waals surface area contributed by atoms with Crippen LogP contribution in [0.2, 0.25) is 5.02 Å². The summed E-state index contributed by atoms with van der Waals surface area (Å²) in [5.74, 6) is 6.64. The topological polar surface area (TPSA) is 108 Å². The Balaban J connectivity index is 1.61. The molecule has 3 N–H and O–H groups in total. The number of hydrogen-bond donors (Lipinski definition) is 2. The number of benzene rings is 1. The number of carbonyl (C=O) groups excluding carboxylic acids is 1. The van der Waals surface area contributed by atoms with Gasteiger partial charge in [-0.1, -0.05) is 36.4 Å². The number of aryl methyl sites for hydroxylation is 1. The fourth-order valence-electron chi connectivity index (χ4n) is 3.98. The molecule has 2 aromatic heterocycles. The van der Waals surface area contributed by atoms with Gasteiger partial charge in [0, 0.05) is 50.0 Å². The van der Waals surface area contributed by atoms with Crippen molar-refractivity contribution in [2.75, 3.05) is 45.1 Å². The van der Waals surface area contributed by atoms with Crippen molar-refractivity contribution in [3.63, 3.8) is 0 Å². The number of piperazine rings is 1. The molecule has 1 amide bonds. The van der Waals surface area contributed by atoms with Crippen LogP contribution in [0.3, 0.4) is 0 Å². The minimum atomic E-state index is -0.0991. The molecule has 0 bridgehead atoms. The van der Waals surface area contributed by atoms with Crippen molar-refractivity contribution in [3.05, 3.63) is 70.3 Å². The van der Waals surface area contributed by atoms with Crippen molar-refractivity contribution in [2.24, 2.45) is 0 Å². The van der Waals surface area contributed by atoms with Crippen LogP contribution in [0, 0.1) is 11.8 Å². The van der Waals surface area contributed by atoms with E-state index in [-0.39, 0.29) is 12.5 Å². The third-order valence-electron chi connectivity index (χ3n) is 5.93. The number of aromatic nitrogens is 3. The number of amides is 1. The molecule has 4 rings (SSSR count). The van der Waals surface area contributed by atoms with Crippen LogP contribution in [0.5, 0.6) is 0 Å². The minimum Gasteiger partial charge on any atom is -0.395 e. The highest BCUT2D eigenvalue weighted by atomic mass is 35.5. The average molecular weight is 491 g/mol. The number of anilines is 1. The first-order valence-electron chi connectivity index (χ1n) is 11.5. The Bertz CT molecular complexity index is 1260. The van der Waals surface area contributed by atoms with Gasteiger partial charge < -0.3 is 15.7 Å². The maximum atomic E-state index is 13.1. The van der Waals surface area contributed by atoms with Gasteiger partial charge in [-0.15, -0.1) is 0 Å². The van der Waals surface area contributed by atoms with Crippen molar-refractivity contribution in [2.45, 2.75) is 13.3 Å². The fraction of sp³-hybridized carbons (Fsp3) is 0.308. The van der Waals surface area contributed by atoms with Crippen molar-refractivity contribution >= 4 is 23.3 Å². The van der Waals surface area contributed by atoms with Gasteiger partial charge in [0.25, 0.3) is 5.91 Å². The number of hydrogen-bond acceptors (Lipinski definition) is 7. The summed E-state index contributed by atoms with van der Waals surface area (Å²) in [6.07, 6.45) is 3.83. The van der Waals surface area contributed by atoms with E-state index in [0.29, 0.717) is 53.7 Å². The summed E-state index contributed by atoms with van der Waals surface area (Å²) < 4.78 is 0. The number of pyridine rings is 1. The SMILES string of the molecule is CCc1ncnc(-c2ccc(C(=O)N3CCN(CCO)CC3)c(Cl)c2)c1C#Cc1ccc(N)nc1. The summed E-state index contributed by atoms with van der Waals surface area (Å²) in [5.41, 5.74) is 9.80. The van der Waals surface area contributed by atoms with Crippen LogP contribution in [0.25, 0.3) is 11.3 Å². The summed E-state index contributed by atoms with van der Waals surface area (Å²) in [4.78, 5) is 30.0. The van der Waals surface area contributed by atoms with Gasteiger partial charge in [-0.2, -0.15) is 0 Å². The van der Waals surface area contributed by atoms with Crippen LogP contribution < -0.4 is 5.73 Å². The molecule has 1 fully saturated rings. The Kier molecular flexibility index (Phi) is 7.93. The standard InChI is InChI=1S/C26H27ClN6O2/c1-2-23-21(6-3-18-4-8-24(28)29-16-18)25(31-17-30-23)19-5-7-20(22(27)15-19)26(35)33-11-9-32(10-12-33)13-14-34/h4-5,7-8,15-17,34H,2,9-14H2,1H3,(H2,28,29). The van der Waals surface area contributed by atoms with E-state index in [2.05, 4.69) is 31.7 Å².